The highest BCUT2D eigenvalue weighted by Gasteiger charge is 2.10. The molecule has 1 N–H and O–H groups in total. The third-order valence-corrected chi connectivity index (χ3v) is 3.45. The van der Waals surface area contributed by atoms with E-state index in [0.717, 1.165) is 24.2 Å². The van der Waals surface area contributed by atoms with Gasteiger partial charge in [0.15, 0.2) is 0 Å². The molecule has 0 saturated heterocycles. The molecule has 1 atom stereocenters. The summed E-state index contributed by atoms with van der Waals surface area (Å²) in [5.41, 5.74) is 3.10. The summed E-state index contributed by atoms with van der Waals surface area (Å²) in [6.07, 6.45) is 3.66. The average molecular weight is 275 g/mol. The lowest BCUT2D eigenvalue weighted by atomic mass is 10.1. The van der Waals surface area contributed by atoms with Gasteiger partial charge in [0.25, 0.3) is 0 Å². The van der Waals surface area contributed by atoms with E-state index in [1.54, 1.807) is 6.07 Å². The number of nitrogens with zero attached hydrogens (tertiary/aromatic N) is 2. The van der Waals surface area contributed by atoms with Crippen molar-refractivity contribution in [2.24, 2.45) is 7.05 Å². The zero-order valence-electron chi connectivity index (χ0n) is 12.4. The summed E-state index contributed by atoms with van der Waals surface area (Å²) in [5, 5.41) is 7.86. The Bertz CT molecular complexity index is 563. The molecule has 0 spiro atoms. The predicted octanol–water partition coefficient (Wildman–Crippen LogP) is 2.84. The first-order chi connectivity index (χ1) is 9.60. The average Bonchev–Trinajstić information content (AvgIpc) is 2.79. The van der Waals surface area contributed by atoms with Gasteiger partial charge in [-0.2, -0.15) is 5.10 Å². The van der Waals surface area contributed by atoms with Gasteiger partial charge in [0.1, 0.15) is 5.82 Å². The fourth-order valence-corrected chi connectivity index (χ4v) is 2.38. The number of benzene rings is 1. The van der Waals surface area contributed by atoms with E-state index in [4.69, 9.17) is 0 Å². The van der Waals surface area contributed by atoms with Crippen LogP contribution in [0.2, 0.25) is 0 Å². The zero-order chi connectivity index (χ0) is 14.5. The molecule has 20 heavy (non-hydrogen) atoms. The number of nitrogens with one attached hydrogen (secondary N) is 1. The summed E-state index contributed by atoms with van der Waals surface area (Å²) < 4.78 is 15.4. The van der Waals surface area contributed by atoms with E-state index in [1.807, 2.05) is 30.1 Å². The number of hydrogen-bond donors (Lipinski definition) is 1. The van der Waals surface area contributed by atoms with Gasteiger partial charge < -0.3 is 5.32 Å². The Morgan fingerprint density at radius 1 is 1.30 bits per heavy atom. The molecular formula is C16H22FN3. The third kappa shape index (κ3) is 3.67. The van der Waals surface area contributed by atoms with Gasteiger partial charge in [-0.15, -0.1) is 0 Å². The molecule has 3 nitrogen and oxygen atoms in total. The van der Waals surface area contributed by atoms with Crippen molar-refractivity contribution in [2.75, 3.05) is 0 Å². The molecule has 0 fully saturated rings. The van der Waals surface area contributed by atoms with Crippen LogP contribution in [0.1, 0.15) is 30.7 Å². The predicted molar refractivity (Wildman–Crippen MR) is 79.0 cm³/mol. The second-order valence-electron chi connectivity index (χ2n) is 5.21. The standard InChI is InChI=1S/C16H22FN3/c1-4-16-14(11-20(3)19-16)10-18-12(2)9-13-7-5-6-8-15(13)17/h5-8,11-12,18H,4,9-10H2,1-3H3. The van der Waals surface area contributed by atoms with Crippen molar-refractivity contribution in [2.45, 2.75) is 39.3 Å². The van der Waals surface area contributed by atoms with Gasteiger partial charge in [0.2, 0.25) is 0 Å². The maximum atomic E-state index is 13.6. The highest BCUT2D eigenvalue weighted by Crippen LogP contribution is 2.11. The smallest absolute Gasteiger partial charge is 0.126 e. The van der Waals surface area contributed by atoms with Gasteiger partial charge in [0.05, 0.1) is 5.69 Å². The van der Waals surface area contributed by atoms with Crippen molar-refractivity contribution >= 4 is 0 Å². The van der Waals surface area contributed by atoms with E-state index in [2.05, 4.69) is 24.3 Å². The highest BCUT2D eigenvalue weighted by molar-refractivity contribution is 5.19. The van der Waals surface area contributed by atoms with Crippen molar-refractivity contribution in [3.63, 3.8) is 0 Å². The van der Waals surface area contributed by atoms with E-state index in [1.165, 1.54) is 11.6 Å². The molecule has 1 heterocycles. The first kappa shape index (κ1) is 14.7. The Kier molecular flexibility index (Phi) is 4.90. The molecule has 0 amide bonds. The van der Waals surface area contributed by atoms with E-state index >= 15 is 0 Å². The summed E-state index contributed by atoms with van der Waals surface area (Å²) in [4.78, 5) is 0. The molecule has 1 aromatic carbocycles. The largest absolute Gasteiger partial charge is 0.310 e. The molecule has 108 valence electrons. The van der Waals surface area contributed by atoms with Crippen LogP contribution < -0.4 is 5.32 Å². The summed E-state index contributed by atoms with van der Waals surface area (Å²) >= 11 is 0. The van der Waals surface area contributed by atoms with Crippen LogP contribution in [0.15, 0.2) is 30.5 Å². The molecule has 0 bridgehead atoms. The van der Waals surface area contributed by atoms with Crippen molar-refractivity contribution in [3.8, 4) is 0 Å². The quantitative estimate of drug-likeness (QED) is 0.878. The first-order valence-electron chi connectivity index (χ1n) is 7.08. The van der Waals surface area contributed by atoms with Crippen LogP contribution in [-0.2, 0) is 26.4 Å². The van der Waals surface area contributed by atoms with Crippen molar-refractivity contribution in [1.29, 1.82) is 0 Å². The van der Waals surface area contributed by atoms with Gasteiger partial charge in [-0.3, -0.25) is 4.68 Å². The molecular weight excluding hydrogens is 253 g/mol. The second kappa shape index (κ2) is 6.66. The summed E-state index contributed by atoms with van der Waals surface area (Å²) in [6, 6.07) is 7.17. The van der Waals surface area contributed by atoms with Crippen molar-refractivity contribution in [1.82, 2.24) is 15.1 Å². The number of aromatic nitrogens is 2. The normalized spacial score (nSPS) is 12.6. The number of hydrogen-bond acceptors (Lipinski definition) is 2. The topological polar surface area (TPSA) is 29.9 Å². The Labute approximate surface area is 119 Å². The minimum absolute atomic E-state index is 0.128. The van der Waals surface area contributed by atoms with Gasteiger partial charge in [0, 0.05) is 31.4 Å². The summed E-state index contributed by atoms with van der Waals surface area (Å²) in [5.74, 6) is -0.128. The molecule has 0 aliphatic rings. The maximum Gasteiger partial charge on any atom is 0.126 e. The van der Waals surface area contributed by atoms with Crippen LogP contribution in [0.25, 0.3) is 0 Å². The minimum atomic E-state index is -0.128. The number of halogens is 1. The Morgan fingerprint density at radius 3 is 2.75 bits per heavy atom. The van der Waals surface area contributed by atoms with Crippen LogP contribution in [0.5, 0.6) is 0 Å². The fraction of sp³-hybridized carbons (Fsp3) is 0.438. The van der Waals surface area contributed by atoms with Crippen LogP contribution >= 0.6 is 0 Å². The molecule has 0 radical (unpaired) electrons. The lowest BCUT2D eigenvalue weighted by molar-refractivity contribution is 0.525. The van der Waals surface area contributed by atoms with Crippen LogP contribution in [0.4, 0.5) is 4.39 Å². The molecule has 1 unspecified atom stereocenters. The molecule has 0 aliphatic heterocycles. The van der Waals surface area contributed by atoms with Crippen LogP contribution in [-0.4, -0.2) is 15.8 Å². The van der Waals surface area contributed by atoms with Crippen molar-refractivity contribution < 1.29 is 4.39 Å². The SMILES string of the molecule is CCc1nn(C)cc1CNC(C)Cc1ccccc1F. The van der Waals surface area contributed by atoms with Gasteiger partial charge in [-0.05, 0) is 31.4 Å². The summed E-state index contributed by atoms with van der Waals surface area (Å²) in [6.45, 7) is 4.95. The van der Waals surface area contributed by atoms with E-state index in [-0.39, 0.29) is 11.9 Å². The minimum Gasteiger partial charge on any atom is -0.310 e. The third-order valence-electron chi connectivity index (χ3n) is 3.45. The lowest BCUT2D eigenvalue weighted by Gasteiger charge is -2.14. The maximum absolute atomic E-state index is 13.6. The second-order valence-corrected chi connectivity index (χ2v) is 5.21. The van der Waals surface area contributed by atoms with E-state index in [0.29, 0.717) is 6.42 Å². The van der Waals surface area contributed by atoms with E-state index in [9.17, 15) is 4.39 Å². The first-order valence-corrected chi connectivity index (χ1v) is 7.08. The molecule has 1 aromatic heterocycles. The number of rotatable bonds is 6. The lowest BCUT2D eigenvalue weighted by Crippen LogP contribution is -2.28. The Hall–Kier alpha value is -1.68. The van der Waals surface area contributed by atoms with E-state index < -0.39 is 0 Å². The summed E-state index contributed by atoms with van der Waals surface area (Å²) in [7, 11) is 1.94. The van der Waals surface area contributed by atoms with Gasteiger partial charge >= 0.3 is 0 Å². The van der Waals surface area contributed by atoms with Crippen LogP contribution in [0, 0.1) is 5.82 Å². The molecule has 4 heteroatoms. The molecule has 0 aliphatic carbocycles. The van der Waals surface area contributed by atoms with Gasteiger partial charge in [-0.1, -0.05) is 25.1 Å². The fourth-order valence-electron chi connectivity index (χ4n) is 2.38. The monoisotopic (exact) mass is 275 g/mol. The highest BCUT2D eigenvalue weighted by atomic mass is 19.1. The van der Waals surface area contributed by atoms with Crippen LogP contribution in [0.3, 0.4) is 0 Å². The molecule has 2 aromatic rings. The zero-order valence-corrected chi connectivity index (χ0v) is 12.4. The Balaban J connectivity index is 1.92. The number of aryl methyl sites for hydroxylation is 2. The molecule has 0 saturated carbocycles. The van der Waals surface area contributed by atoms with Crippen molar-refractivity contribution in [3.05, 3.63) is 53.1 Å². The van der Waals surface area contributed by atoms with Gasteiger partial charge in [-0.25, -0.2) is 4.39 Å². The Morgan fingerprint density at radius 2 is 2.05 bits per heavy atom. The molecule has 2 rings (SSSR count).